The second kappa shape index (κ2) is 11.3. The fourth-order valence-corrected chi connectivity index (χ4v) is 5.91. The van der Waals surface area contributed by atoms with Gasteiger partial charge in [-0.2, -0.15) is 25.3 Å². The first kappa shape index (κ1) is 27.1. The molecule has 1 aliphatic rings. The van der Waals surface area contributed by atoms with Gasteiger partial charge in [-0.15, -0.1) is 0 Å². The Kier molecular flexibility index (Phi) is 7.87. The van der Waals surface area contributed by atoms with E-state index in [1.54, 1.807) is 0 Å². The quantitative estimate of drug-likeness (QED) is 0.122. The van der Waals surface area contributed by atoms with E-state index >= 15 is 0 Å². The highest BCUT2D eigenvalue weighted by atomic mass is 32.1. The molecule has 0 unspecified atom stereocenters. The van der Waals surface area contributed by atoms with E-state index < -0.39 is 5.41 Å². The summed E-state index contributed by atoms with van der Waals surface area (Å²) in [5, 5.41) is 0. The van der Waals surface area contributed by atoms with Crippen molar-refractivity contribution in [2.75, 3.05) is 11.5 Å². The number of carbonyl (C=O) groups excluding carboxylic acids is 2. The van der Waals surface area contributed by atoms with E-state index in [9.17, 15) is 9.59 Å². The van der Waals surface area contributed by atoms with Crippen LogP contribution in [0.3, 0.4) is 0 Å². The normalized spacial score (nSPS) is 12.9. The van der Waals surface area contributed by atoms with Crippen LogP contribution in [0.15, 0.2) is 84.9 Å². The topological polar surface area (TPSA) is 52.6 Å². The molecule has 39 heavy (non-hydrogen) atoms. The van der Waals surface area contributed by atoms with Crippen LogP contribution in [0.25, 0.3) is 11.1 Å². The summed E-state index contributed by atoms with van der Waals surface area (Å²) in [5.41, 5.74) is 7.94. The largest absolute Gasteiger partial charge is 0.426 e. The Hall–Kier alpha value is -3.48. The van der Waals surface area contributed by atoms with Crippen LogP contribution in [0.5, 0.6) is 11.5 Å². The fourth-order valence-electron chi connectivity index (χ4n) is 5.55. The van der Waals surface area contributed by atoms with Gasteiger partial charge in [0.2, 0.25) is 0 Å². The smallest absolute Gasteiger partial charge is 0.312 e. The molecule has 0 heterocycles. The Morgan fingerprint density at radius 3 is 1.44 bits per heavy atom. The van der Waals surface area contributed by atoms with Crippen molar-refractivity contribution in [3.63, 3.8) is 0 Å². The minimum atomic E-state index is -0.621. The van der Waals surface area contributed by atoms with Gasteiger partial charge in [-0.1, -0.05) is 72.8 Å². The second-order valence-electron chi connectivity index (χ2n) is 9.70. The Morgan fingerprint density at radius 1 is 0.641 bits per heavy atom. The molecule has 0 saturated heterocycles. The van der Waals surface area contributed by atoms with Gasteiger partial charge < -0.3 is 9.47 Å². The molecule has 198 valence electrons. The maximum atomic E-state index is 12.2. The van der Waals surface area contributed by atoms with Gasteiger partial charge in [-0.05, 0) is 70.5 Å². The summed E-state index contributed by atoms with van der Waals surface area (Å²) in [4.78, 5) is 24.4. The third-order valence-corrected chi connectivity index (χ3v) is 7.69. The maximum absolute atomic E-state index is 12.2. The molecule has 0 saturated carbocycles. The summed E-state index contributed by atoms with van der Waals surface area (Å²) < 4.78 is 11.3. The number of hydrogen-bond donors (Lipinski definition) is 2. The highest BCUT2D eigenvalue weighted by Gasteiger charge is 2.46. The van der Waals surface area contributed by atoms with Crippen LogP contribution in [0.4, 0.5) is 0 Å². The van der Waals surface area contributed by atoms with E-state index in [1.807, 2.05) is 38.1 Å². The van der Waals surface area contributed by atoms with Gasteiger partial charge in [-0.3, -0.25) is 9.59 Å². The number of hydrogen-bond acceptors (Lipinski definition) is 6. The monoisotopic (exact) mass is 554 g/mol. The third-order valence-electron chi connectivity index (χ3n) is 7.25. The molecule has 0 bridgehead atoms. The SMILES string of the molecule is Cc1cc(C2(c3ccc(OC(=O)CCS)c(C)c3)c3ccccc3-c3ccccc32)ccc1OC(=O)CCS. The number of benzene rings is 4. The molecule has 0 amide bonds. The van der Waals surface area contributed by atoms with Gasteiger partial charge in [-0.25, -0.2) is 0 Å². The maximum Gasteiger partial charge on any atom is 0.312 e. The zero-order valence-corrected chi connectivity index (χ0v) is 23.7. The third kappa shape index (κ3) is 4.88. The lowest BCUT2D eigenvalue weighted by atomic mass is 9.67. The van der Waals surface area contributed by atoms with Crippen molar-refractivity contribution < 1.29 is 19.1 Å². The summed E-state index contributed by atoms with van der Waals surface area (Å²) in [6.07, 6.45) is 0.498. The minimum Gasteiger partial charge on any atom is -0.426 e. The van der Waals surface area contributed by atoms with Crippen molar-refractivity contribution in [2.24, 2.45) is 0 Å². The molecule has 0 atom stereocenters. The van der Waals surface area contributed by atoms with E-state index in [-0.39, 0.29) is 24.8 Å². The molecule has 4 aromatic carbocycles. The average Bonchev–Trinajstić information content (AvgIpc) is 3.23. The lowest BCUT2D eigenvalue weighted by Crippen LogP contribution is -2.29. The first-order valence-corrected chi connectivity index (χ1v) is 14.2. The van der Waals surface area contributed by atoms with Crippen LogP contribution in [0.1, 0.15) is 46.2 Å². The van der Waals surface area contributed by atoms with Crippen molar-refractivity contribution in [1.82, 2.24) is 0 Å². The number of rotatable bonds is 8. The summed E-state index contributed by atoms with van der Waals surface area (Å²) in [7, 11) is 0. The Morgan fingerprint density at radius 2 is 1.05 bits per heavy atom. The molecule has 6 heteroatoms. The van der Waals surface area contributed by atoms with E-state index in [0.717, 1.165) is 22.3 Å². The zero-order chi connectivity index (χ0) is 27.6. The molecule has 4 nitrogen and oxygen atoms in total. The molecular weight excluding hydrogens is 524 g/mol. The molecule has 0 aromatic heterocycles. The molecule has 0 fully saturated rings. The molecular formula is C33H30O4S2. The van der Waals surface area contributed by atoms with Gasteiger partial charge in [0.05, 0.1) is 18.3 Å². The summed E-state index contributed by atoms with van der Waals surface area (Å²) >= 11 is 8.29. The number of ether oxygens (including phenoxy) is 2. The molecule has 0 aliphatic heterocycles. The van der Waals surface area contributed by atoms with Crippen LogP contribution in [-0.2, 0) is 15.0 Å². The van der Waals surface area contributed by atoms with Crippen molar-refractivity contribution in [2.45, 2.75) is 32.1 Å². The van der Waals surface area contributed by atoms with Crippen molar-refractivity contribution >= 4 is 37.2 Å². The Bertz CT molecular complexity index is 1440. The van der Waals surface area contributed by atoms with Crippen molar-refractivity contribution in [3.05, 3.63) is 118 Å². The number of fused-ring (bicyclic) bond motifs is 3. The zero-order valence-electron chi connectivity index (χ0n) is 21.9. The van der Waals surface area contributed by atoms with E-state index in [0.29, 0.717) is 23.0 Å². The van der Waals surface area contributed by atoms with E-state index in [2.05, 4.69) is 85.9 Å². The summed E-state index contributed by atoms with van der Waals surface area (Å²) in [5.74, 6) is 1.36. The highest BCUT2D eigenvalue weighted by Crippen LogP contribution is 2.56. The number of carbonyl (C=O) groups is 2. The summed E-state index contributed by atoms with van der Waals surface area (Å²) in [6, 6.07) is 29.0. The number of thiol groups is 2. The lowest BCUT2D eigenvalue weighted by Gasteiger charge is -2.34. The van der Waals surface area contributed by atoms with Gasteiger partial charge in [0.1, 0.15) is 11.5 Å². The summed E-state index contributed by atoms with van der Waals surface area (Å²) in [6.45, 7) is 3.92. The highest BCUT2D eigenvalue weighted by molar-refractivity contribution is 7.80. The average molecular weight is 555 g/mol. The number of esters is 2. The first-order valence-electron chi connectivity index (χ1n) is 12.9. The van der Waals surface area contributed by atoms with E-state index in [1.165, 1.54) is 22.3 Å². The van der Waals surface area contributed by atoms with E-state index in [4.69, 9.17) is 9.47 Å². The second-order valence-corrected chi connectivity index (χ2v) is 10.6. The van der Waals surface area contributed by atoms with Crippen molar-refractivity contribution in [3.8, 4) is 22.6 Å². The molecule has 0 N–H and O–H groups in total. The lowest BCUT2D eigenvalue weighted by molar-refractivity contribution is -0.134. The molecule has 1 aliphatic carbocycles. The Labute approximate surface area is 240 Å². The molecule has 0 spiro atoms. The Balaban J connectivity index is 1.72. The van der Waals surface area contributed by atoms with Crippen LogP contribution in [-0.4, -0.2) is 23.4 Å². The number of aryl methyl sites for hydroxylation is 2. The van der Waals surface area contributed by atoms with Crippen LogP contribution in [0, 0.1) is 13.8 Å². The van der Waals surface area contributed by atoms with Crippen LogP contribution >= 0.6 is 25.3 Å². The standard InChI is InChI=1S/C33H30O4S2/c1-21-19-23(11-13-29(21)36-31(34)15-17-38)33(24-12-14-30(22(2)20-24)37-32(35)16-18-39)27-9-5-3-7-25(27)26-8-4-6-10-28(26)33/h3-14,19-20,38-39H,15-18H2,1-2H3. The first-order chi connectivity index (χ1) is 18.9. The minimum absolute atomic E-state index is 0.249. The predicted molar refractivity (Wildman–Crippen MR) is 161 cm³/mol. The van der Waals surface area contributed by atoms with Crippen LogP contribution < -0.4 is 9.47 Å². The molecule has 0 radical (unpaired) electrons. The van der Waals surface area contributed by atoms with Gasteiger partial charge in [0.25, 0.3) is 0 Å². The molecule has 5 rings (SSSR count). The fraction of sp³-hybridized carbons (Fsp3) is 0.212. The van der Waals surface area contributed by atoms with Gasteiger partial charge in [0.15, 0.2) is 0 Å². The van der Waals surface area contributed by atoms with Crippen molar-refractivity contribution in [1.29, 1.82) is 0 Å². The predicted octanol–water partition coefficient (Wildman–Crippen LogP) is 7.12. The van der Waals surface area contributed by atoms with Crippen LogP contribution in [0.2, 0.25) is 0 Å². The van der Waals surface area contributed by atoms with Gasteiger partial charge >= 0.3 is 11.9 Å². The van der Waals surface area contributed by atoms with Gasteiger partial charge in [0, 0.05) is 11.5 Å². The molecule has 4 aromatic rings.